The average molecular weight is 857 g/mol. The molecular weight excluding hydrogens is 797 g/mol. The summed E-state index contributed by atoms with van der Waals surface area (Å²) in [5, 5.41) is 3.50. The number of morpholine rings is 2. The van der Waals surface area contributed by atoms with Crippen LogP contribution in [0.2, 0.25) is 0 Å². The summed E-state index contributed by atoms with van der Waals surface area (Å²) in [6.07, 6.45) is 3.56. The van der Waals surface area contributed by atoms with Gasteiger partial charge >= 0.3 is 0 Å². The monoisotopic (exact) mass is 856 g/mol. The van der Waals surface area contributed by atoms with Gasteiger partial charge in [-0.25, -0.2) is 0 Å². The SMILES string of the molecule is O=C1c2cccc3c(N4CCOCC4)ccc(c23)C(=O)N1CCN1CCN(CCCCCN2CCN(CCN3C(=O)c4cccc5c(N6CCOCC6)ccc(c45)C3=O)CC2)CC1. The molecule has 6 aliphatic rings. The normalized spacial score (nSPS) is 20.8. The standard InChI is InChI=1S/C49H60N8O6/c58-46-38-8-4-6-36-42(54-28-32-62-33-29-54)12-10-40(44(36)38)48(60)56(46)26-24-52-20-16-50(17-21-52)14-2-1-3-15-51-18-22-53(23-19-51)25-27-57-47(59)39-9-5-7-37-43(55-30-34-63-35-31-55)13-11-41(45(37)39)49(57)61/h4-13H,1-3,14-35H2. The fraction of sp³-hybridized carbons (Fsp3) is 0.510. The maximum absolute atomic E-state index is 13.7. The summed E-state index contributed by atoms with van der Waals surface area (Å²) < 4.78 is 11.1. The van der Waals surface area contributed by atoms with Crippen molar-refractivity contribution in [1.82, 2.24) is 29.4 Å². The molecule has 0 radical (unpaired) electrons. The second-order valence-electron chi connectivity index (χ2n) is 17.9. The molecule has 0 spiro atoms. The smallest absolute Gasteiger partial charge is 0.261 e. The van der Waals surface area contributed by atoms with Crippen molar-refractivity contribution in [1.29, 1.82) is 0 Å². The lowest BCUT2D eigenvalue weighted by Crippen LogP contribution is -2.50. The number of ether oxygens (including phenoxy) is 2. The number of benzene rings is 4. The van der Waals surface area contributed by atoms with E-state index in [-0.39, 0.29) is 23.6 Å². The quantitative estimate of drug-likeness (QED) is 0.135. The number of anilines is 2. The molecule has 10 rings (SSSR count). The first-order valence-electron chi connectivity index (χ1n) is 23.3. The first-order valence-corrected chi connectivity index (χ1v) is 23.3. The van der Waals surface area contributed by atoms with Crippen LogP contribution in [0.4, 0.5) is 11.4 Å². The molecule has 4 amide bonds. The molecule has 0 aliphatic carbocycles. The van der Waals surface area contributed by atoms with Gasteiger partial charge in [-0.2, -0.15) is 0 Å². The van der Waals surface area contributed by atoms with Crippen LogP contribution in [0.3, 0.4) is 0 Å². The number of hydrogen-bond acceptors (Lipinski definition) is 12. The third-order valence-corrected chi connectivity index (χ3v) is 14.3. The van der Waals surface area contributed by atoms with Gasteiger partial charge < -0.3 is 29.1 Å². The molecule has 0 bridgehead atoms. The Morgan fingerprint density at radius 1 is 0.365 bits per heavy atom. The summed E-state index contributed by atoms with van der Waals surface area (Å²) in [7, 11) is 0. The largest absolute Gasteiger partial charge is 0.378 e. The molecule has 332 valence electrons. The molecule has 4 aromatic carbocycles. The van der Waals surface area contributed by atoms with Crippen LogP contribution in [-0.2, 0) is 9.47 Å². The van der Waals surface area contributed by atoms with E-state index in [1.54, 1.807) is 0 Å². The van der Waals surface area contributed by atoms with Crippen molar-refractivity contribution in [2.45, 2.75) is 19.3 Å². The van der Waals surface area contributed by atoms with E-state index in [0.717, 1.165) is 125 Å². The van der Waals surface area contributed by atoms with Gasteiger partial charge in [0, 0.05) is 160 Å². The predicted molar refractivity (Wildman–Crippen MR) is 244 cm³/mol. The number of amides is 4. The highest BCUT2D eigenvalue weighted by Gasteiger charge is 2.36. The van der Waals surface area contributed by atoms with E-state index in [4.69, 9.17) is 9.47 Å². The van der Waals surface area contributed by atoms with Gasteiger partial charge in [-0.1, -0.05) is 30.7 Å². The summed E-state index contributed by atoms with van der Waals surface area (Å²) in [4.78, 5) is 72.3. The molecule has 4 fully saturated rings. The lowest BCUT2D eigenvalue weighted by molar-refractivity contribution is 0.0559. The number of hydrogen-bond donors (Lipinski definition) is 0. The summed E-state index contributed by atoms with van der Waals surface area (Å²) >= 11 is 0. The fourth-order valence-electron chi connectivity index (χ4n) is 10.6. The highest BCUT2D eigenvalue weighted by Crippen LogP contribution is 2.38. The van der Waals surface area contributed by atoms with Gasteiger partial charge in [-0.3, -0.25) is 38.8 Å². The van der Waals surface area contributed by atoms with Crippen LogP contribution >= 0.6 is 0 Å². The second kappa shape index (κ2) is 18.6. The molecule has 63 heavy (non-hydrogen) atoms. The van der Waals surface area contributed by atoms with Crippen LogP contribution in [0.1, 0.15) is 60.7 Å². The molecular formula is C49H60N8O6. The maximum Gasteiger partial charge on any atom is 0.261 e. The summed E-state index contributed by atoms with van der Waals surface area (Å²) in [6, 6.07) is 19.6. The Balaban J connectivity index is 0.618. The van der Waals surface area contributed by atoms with E-state index in [1.807, 2.05) is 60.7 Å². The van der Waals surface area contributed by atoms with Crippen molar-refractivity contribution in [3.05, 3.63) is 82.9 Å². The molecule has 14 nitrogen and oxygen atoms in total. The summed E-state index contributed by atoms with van der Waals surface area (Å²) in [6.45, 7) is 18.0. The van der Waals surface area contributed by atoms with Gasteiger partial charge in [0.1, 0.15) is 0 Å². The number of piperazine rings is 2. The predicted octanol–water partition coefficient (Wildman–Crippen LogP) is 3.96. The third kappa shape index (κ3) is 8.45. The fourth-order valence-corrected chi connectivity index (χ4v) is 10.6. The van der Waals surface area contributed by atoms with Gasteiger partial charge in [-0.15, -0.1) is 0 Å². The zero-order valence-corrected chi connectivity index (χ0v) is 36.5. The number of carbonyl (C=O) groups excluding carboxylic acids is 4. The molecule has 4 saturated heterocycles. The van der Waals surface area contributed by atoms with Crippen LogP contribution in [0.15, 0.2) is 60.7 Å². The van der Waals surface area contributed by atoms with Crippen LogP contribution in [0.5, 0.6) is 0 Å². The van der Waals surface area contributed by atoms with Gasteiger partial charge in [0.25, 0.3) is 23.6 Å². The maximum atomic E-state index is 13.7. The minimum Gasteiger partial charge on any atom is -0.378 e. The Labute approximate surface area is 369 Å². The summed E-state index contributed by atoms with van der Waals surface area (Å²) in [5.41, 5.74) is 4.60. The zero-order chi connectivity index (χ0) is 42.9. The molecule has 6 aliphatic heterocycles. The first-order chi connectivity index (χ1) is 30.9. The number of nitrogens with zero attached hydrogens (tertiary/aromatic N) is 8. The minimum absolute atomic E-state index is 0.190. The Kier molecular flexibility index (Phi) is 12.4. The molecule has 0 unspecified atom stereocenters. The van der Waals surface area contributed by atoms with Crippen LogP contribution in [0, 0.1) is 0 Å². The molecule has 0 aromatic heterocycles. The Bertz CT molecular complexity index is 2160. The Morgan fingerprint density at radius 3 is 1.10 bits per heavy atom. The molecule has 14 heteroatoms. The molecule has 6 heterocycles. The molecule has 0 atom stereocenters. The van der Waals surface area contributed by atoms with Crippen LogP contribution < -0.4 is 9.80 Å². The van der Waals surface area contributed by atoms with Crippen molar-refractivity contribution in [3.8, 4) is 0 Å². The minimum atomic E-state index is -0.190. The summed E-state index contributed by atoms with van der Waals surface area (Å²) in [5.74, 6) is -0.760. The lowest BCUT2D eigenvalue weighted by Gasteiger charge is -2.37. The first kappa shape index (κ1) is 42.0. The van der Waals surface area contributed by atoms with Gasteiger partial charge in [0.2, 0.25) is 0 Å². The lowest BCUT2D eigenvalue weighted by atomic mass is 9.92. The van der Waals surface area contributed by atoms with Crippen molar-refractivity contribution in [3.63, 3.8) is 0 Å². The zero-order valence-electron chi connectivity index (χ0n) is 36.5. The van der Waals surface area contributed by atoms with Gasteiger partial charge in [0.15, 0.2) is 0 Å². The van der Waals surface area contributed by atoms with Crippen molar-refractivity contribution >= 4 is 56.5 Å². The Morgan fingerprint density at radius 2 is 0.714 bits per heavy atom. The number of rotatable bonds is 14. The highest BCUT2D eigenvalue weighted by molar-refractivity contribution is 6.28. The van der Waals surface area contributed by atoms with Gasteiger partial charge in [-0.05, 0) is 62.3 Å². The van der Waals surface area contributed by atoms with E-state index >= 15 is 0 Å². The van der Waals surface area contributed by atoms with E-state index in [2.05, 4.69) is 29.4 Å². The van der Waals surface area contributed by atoms with Crippen molar-refractivity contribution in [2.24, 2.45) is 0 Å². The topological polar surface area (TPSA) is 113 Å². The van der Waals surface area contributed by atoms with Crippen LogP contribution in [0.25, 0.3) is 21.5 Å². The molecule has 4 aromatic rings. The Hall–Kier alpha value is -4.96. The van der Waals surface area contributed by atoms with Crippen LogP contribution in [-0.4, -0.2) is 197 Å². The second-order valence-corrected chi connectivity index (χ2v) is 17.9. The van der Waals surface area contributed by atoms with E-state index < -0.39 is 0 Å². The van der Waals surface area contributed by atoms with Gasteiger partial charge in [0.05, 0.1) is 26.4 Å². The molecule has 0 N–H and O–H groups in total. The van der Waals surface area contributed by atoms with E-state index in [9.17, 15) is 19.2 Å². The van der Waals surface area contributed by atoms with E-state index in [0.29, 0.717) is 74.9 Å². The molecule has 0 saturated carbocycles. The highest BCUT2D eigenvalue weighted by atomic mass is 16.5. The average Bonchev–Trinajstić information content (AvgIpc) is 3.33. The van der Waals surface area contributed by atoms with Crippen molar-refractivity contribution < 1.29 is 28.7 Å². The number of carbonyl (C=O) groups is 4. The number of unbranched alkanes of at least 4 members (excludes halogenated alkanes) is 2. The van der Waals surface area contributed by atoms with Crippen molar-refractivity contribution in [2.75, 3.05) is 154 Å². The van der Waals surface area contributed by atoms with E-state index in [1.165, 1.54) is 29.1 Å². The number of imide groups is 2. The third-order valence-electron chi connectivity index (χ3n) is 14.3.